The number of carboxylic acids is 1. The Hall–Kier alpha value is -1.81. The van der Waals surface area contributed by atoms with Crippen molar-refractivity contribution in [3.8, 4) is 11.3 Å². The number of carbonyl (C=O) groups is 1. The molecule has 0 aliphatic rings. The van der Waals surface area contributed by atoms with Gasteiger partial charge >= 0.3 is 5.97 Å². The van der Waals surface area contributed by atoms with Gasteiger partial charge in [-0.15, -0.1) is 0 Å². The SMILES string of the molecule is O=C(O)c1cc(-c2ccccc2Cl)no1. The lowest BCUT2D eigenvalue weighted by molar-refractivity contribution is 0.0652. The maximum atomic E-state index is 10.6. The monoisotopic (exact) mass is 223 g/mol. The maximum absolute atomic E-state index is 10.6. The minimum absolute atomic E-state index is 0.204. The molecule has 1 heterocycles. The van der Waals surface area contributed by atoms with Crippen LogP contribution in [0.3, 0.4) is 0 Å². The Kier molecular flexibility index (Phi) is 2.43. The smallest absolute Gasteiger partial charge is 0.374 e. The fourth-order valence-electron chi connectivity index (χ4n) is 1.17. The minimum atomic E-state index is -1.15. The molecule has 0 bridgehead atoms. The van der Waals surface area contributed by atoms with Gasteiger partial charge in [0.15, 0.2) is 0 Å². The molecular formula is C10H6ClNO3. The molecule has 0 unspecified atom stereocenters. The Morgan fingerprint density at radius 2 is 2.13 bits per heavy atom. The highest BCUT2D eigenvalue weighted by Crippen LogP contribution is 2.26. The van der Waals surface area contributed by atoms with E-state index < -0.39 is 5.97 Å². The zero-order valence-electron chi connectivity index (χ0n) is 7.48. The summed E-state index contributed by atoms with van der Waals surface area (Å²) in [5, 5.41) is 12.8. The predicted molar refractivity (Wildman–Crippen MR) is 53.9 cm³/mol. The second kappa shape index (κ2) is 3.74. The fourth-order valence-corrected chi connectivity index (χ4v) is 1.40. The lowest BCUT2D eigenvalue weighted by Crippen LogP contribution is -1.91. The highest BCUT2D eigenvalue weighted by molar-refractivity contribution is 6.33. The van der Waals surface area contributed by atoms with Crippen LogP contribution in [0.1, 0.15) is 10.6 Å². The van der Waals surface area contributed by atoms with Crippen LogP contribution in [0.4, 0.5) is 0 Å². The molecule has 1 aromatic heterocycles. The van der Waals surface area contributed by atoms with Crippen LogP contribution in [0.15, 0.2) is 34.9 Å². The molecule has 0 radical (unpaired) electrons. The number of hydrogen-bond acceptors (Lipinski definition) is 3. The highest BCUT2D eigenvalue weighted by Gasteiger charge is 2.13. The second-order valence-corrected chi connectivity index (χ2v) is 3.27. The fraction of sp³-hybridized carbons (Fsp3) is 0. The first-order valence-electron chi connectivity index (χ1n) is 4.13. The molecule has 0 saturated heterocycles. The van der Waals surface area contributed by atoms with Crippen LogP contribution in [-0.4, -0.2) is 16.2 Å². The van der Waals surface area contributed by atoms with E-state index in [0.717, 1.165) is 0 Å². The van der Waals surface area contributed by atoms with Gasteiger partial charge in [-0.1, -0.05) is 35.0 Å². The lowest BCUT2D eigenvalue weighted by atomic mass is 10.1. The number of aromatic carboxylic acids is 1. The van der Waals surface area contributed by atoms with Crippen molar-refractivity contribution in [2.24, 2.45) is 0 Å². The molecule has 1 aromatic carbocycles. The molecule has 0 amide bonds. The van der Waals surface area contributed by atoms with Crippen LogP contribution in [-0.2, 0) is 0 Å². The van der Waals surface area contributed by atoms with E-state index in [2.05, 4.69) is 9.68 Å². The molecule has 0 atom stereocenters. The molecule has 0 spiro atoms. The molecule has 4 nitrogen and oxygen atoms in total. The van der Waals surface area contributed by atoms with Gasteiger partial charge in [0, 0.05) is 11.6 Å². The topological polar surface area (TPSA) is 63.3 Å². The third kappa shape index (κ3) is 1.85. The van der Waals surface area contributed by atoms with Crippen molar-refractivity contribution in [1.82, 2.24) is 5.16 Å². The molecule has 1 N–H and O–H groups in total. The first-order chi connectivity index (χ1) is 7.18. The summed E-state index contributed by atoms with van der Waals surface area (Å²) in [6.07, 6.45) is 0. The average molecular weight is 224 g/mol. The van der Waals surface area contributed by atoms with Gasteiger partial charge in [-0.25, -0.2) is 4.79 Å². The number of nitrogens with zero attached hydrogens (tertiary/aromatic N) is 1. The van der Waals surface area contributed by atoms with E-state index in [9.17, 15) is 4.79 Å². The van der Waals surface area contributed by atoms with Crippen LogP contribution >= 0.6 is 11.6 Å². The maximum Gasteiger partial charge on any atom is 0.374 e. The summed E-state index contributed by atoms with van der Waals surface area (Å²) in [4.78, 5) is 10.6. The summed E-state index contributed by atoms with van der Waals surface area (Å²) in [5.41, 5.74) is 1.06. The summed E-state index contributed by atoms with van der Waals surface area (Å²) < 4.78 is 4.63. The van der Waals surface area contributed by atoms with E-state index in [4.69, 9.17) is 16.7 Å². The summed E-state index contributed by atoms with van der Waals surface area (Å²) in [6, 6.07) is 8.35. The molecule has 0 aliphatic carbocycles. The summed E-state index contributed by atoms with van der Waals surface area (Å²) in [7, 11) is 0. The van der Waals surface area contributed by atoms with E-state index in [-0.39, 0.29) is 5.76 Å². The van der Waals surface area contributed by atoms with Gasteiger partial charge in [-0.2, -0.15) is 0 Å². The van der Waals surface area contributed by atoms with E-state index in [1.165, 1.54) is 6.07 Å². The largest absolute Gasteiger partial charge is 0.475 e. The third-order valence-electron chi connectivity index (χ3n) is 1.87. The van der Waals surface area contributed by atoms with Crippen molar-refractivity contribution in [3.05, 3.63) is 41.1 Å². The van der Waals surface area contributed by atoms with Crippen molar-refractivity contribution in [2.75, 3.05) is 0 Å². The standard InChI is InChI=1S/C10H6ClNO3/c11-7-4-2-1-3-6(7)8-5-9(10(13)14)15-12-8/h1-5H,(H,13,14). The van der Waals surface area contributed by atoms with Crippen LogP contribution in [0.5, 0.6) is 0 Å². The van der Waals surface area contributed by atoms with Crippen molar-refractivity contribution in [1.29, 1.82) is 0 Å². The summed E-state index contributed by atoms with van der Waals surface area (Å²) >= 11 is 5.92. The molecule has 0 fully saturated rings. The predicted octanol–water partition coefficient (Wildman–Crippen LogP) is 2.69. The number of halogens is 1. The highest BCUT2D eigenvalue weighted by atomic mass is 35.5. The number of aromatic nitrogens is 1. The molecule has 76 valence electrons. The van der Waals surface area contributed by atoms with Crippen molar-refractivity contribution >= 4 is 17.6 Å². The Morgan fingerprint density at radius 3 is 2.73 bits per heavy atom. The van der Waals surface area contributed by atoms with E-state index in [1.54, 1.807) is 24.3 Å². The Balaban J connectivity index is 2.46. The van der Waals surface area contributed by atoms with E-state index in [1.807, 2.05) is 0 Å². The third-order valence-corrected chi connectivity index (χ3v) is 2.20. The number of benzene rings is 1. The molecule has 5 heteroatoms. The van der Waals surface area contributed by atoms with Crippen molar-refractivity contribution in [3.63, 3.8) is 0 Å². The van der Waals surface area contributed by atoms with Crippen LogP contribution in [0.2, 0.25) is 5.02 Å². The van der Waals surface area contributed by atoms with Gasteiger partial charge in [0.05, 0.1) is 5.02 Å². The minimum Gasteiger partial charge on any atom is -0.475 e. The zero-order chi connectivity index (χ0) is 10.8. The molecule has 15 heavy (non-hydrogen) atoms. The van der Waals surface area contributed by atoms with Gasteiger partial charge in [-0.3, -0.25) is 0 Å². The number of rotatable bonds is 2. The average Bonchev–Trinajstić information content (AvgIpc) is 2.67. The number of carboxylic acid groups (broad SMARTS) is 1. The van der Waals surface area contributed by atoms with Gasteiger partial charge < -0.3 is 9.63 Å². The Labute approximate surface area is 90.1 Å². The van der Waals surface area contributed by atoms with Crippen LogP contribution < -0.4 is 0 Å². The summed E-state index contributed by atoms with van der Waals surface area (Å²) in [5.74, 6) is -1.36. The zero-order valence-corrected chi connectivity index (χ0v) is 8.23. The van der Waals surface area contributed by atoms with Crippen LogP contribution in [0, 0.1) is 0 Å². The van der Waals surface area contributed by atoms with Gasteiger partial charge in [0.2, 0.25) is 5.76 Å². The lowest BCUT2D eigenvalue weighted by Gasteiger charge is -1.96. The van der Waals surface area contributed by atoms with E-state index in [0.29, 0.717) is 16.3 Å². The first kappa shape index (κ1) is 9.73. The van der Waals surface area contributed by atoms with Gasteiger partial charge in [0.1, 0.15) is 5.69 Å². The van der Waals surface area contributed by atoms with Crippen molar-refractivity contribution < 1.29 is 14.4 Å². The van der Waals surface area contributed by atoms with Crippen molar-refractivity contribution in [2.45, 2.75) is 0 Å². The van der Waals surface area contributed by atoms with Crippen LogP contribution in [0.25, 0.3) is 11.3 Å². The Bertz CT molecular complexity index is 507. The van der Waals surface area contributed by atoms with Gasteiger partial charge in [-0.05, 0) is 6.07 Å². The first-order valence-corrected chi connectivity index (χ1v) is 4.51. The normalized spacial score (nSPS) is 10.2. The van der Waals surface area contributed by atoms with E-state index >= 15 is 0 Å². The molecular weight excluding hydrogens is 218 g/mol. The molecule has 0 saturated carbocycles. The number of hydrogen-bond donors (Lipinski definition) is 1. The molecule has 0 aliphatic heterocycles. The Morgan fingerprint density at radius 1 is 1.40 bits per heavy atom. The molecule has 2 rings (SSSR count). The quantitative estimate of drug-likeness (QED) is 0.850. The summed E-state index contributed by atoms with van der Waals surface area (Å²) in [6.45, 7) is 0. The van der Waals surface area contributed by atoms with Gasteiger partial charge in [0.25, 0.3) is 0 Å². The second-order valence-electron chi connectivity index (χ2n) is 2.86. The molecule has 2 aromatic rings.